The fourth-order valence-electron chi connectivity index (χ4n) is 4.23. The van der Waals surface area contributed by atoms with E-state index in [0.29, 0.717) is 23.4 Å². The molecule has 6 nitrogen and oxygen atoms in total. The molecule has 0 atom stereocenters. The Bertz CT molecular complexity index is 585. The first-order valence-electron chi connectivity index (χ1n) is 9.71. The highest BCUT2D eigenvalue weighted by molar-refractivity contribution is 5.96. The van der Waals surface area contributed by atoms with Crippen LogP contribution in [0.2, 0.25) is 0 Å². The van der Waals surface area contributed by atoms with E-state index in [0.717, 1.165) is 58.2 Å². The third kappa shape index (κ3) is 4.42. The van der Waals surface area contributed by atoms with Crippen LogP contribution in [0.25, 0.3) is 0 Å². The van der Waals surface area contributed by atoms with Crippen molar-refractivity contribution in [1.82, 2.24) is 15.4 Å². The number of piperidine rings is 1. The highest BCUT2D eigenvalue weighted by Gasteiger charge is 2.33. The number of carbonyl (C=O) groups is 1. The Balaban J connectivity index is 1.49. The van der Waals surface area contributed by atoms with E-state index in [1.165, 1.54) is 6.42 Å². The average molecular weight is 349 g/mol. The van der Waals surface area contributed by atoms with Gasteiger partial charge < -0.3 is 19.8 Å². The van der Waals surface area contributed by atoms with Crippen molar-refractivity contribution in [2.24, 2.45) is 0 Å². The second-order valence-corrected chi connectivity index (χ2v) is 7.73. The van der Waals surface area contributed by atoms with Gasteiger partial charge in [-0.3, -0.25) is 4.79 Å². The highest BCUT2D eigenvalue weighted by atomic mass is 16.5. The Morgan fingerprint density at radius 2 is 2.00 bits per heavy atom. The van der Waals surface area contributed by atoms with Crippen LogP contribution in [0.5, 0.6) is 0 Å². The number of aromatic nitrogens is 1. The molecular formula is C19H31N3O3. The lowest BCUT2D eigenvalue weighted by molar-refractivity contribution is -0.0312. The number of amides is 1. The van der Waals surface area contributed by atoms with Crippen molar-refractivity contribution in [3.8, 4) is 0 Å². The van der Waals surface area contributed by atoms with Crippen LogP contribution in [-0.4, -0.2) is 52.3 Å². The average Bonchev–Trinajstić information content (AvgIpc) is 2.98. The summed E-state index contributed by atoms with van der Waals surface area (Å²) in [6.45, 7) is 6.40. The van der Waals surface area contributed by atoms with Gasteiger partial charge in [-0.25, -0.2) is 0 Å². The fraction of sp³-hybridized carbons (Fsp3) is 0.789. The van der Waals surface area contributed by atoms with Crippen LogP contribution in [0, 0.1) is 6.92 Å². The number of aryl methyl sites for hydroxylation is 2. The van der Waals surface area contributed by atoms with E-state index < -0.39 is 5.60 Å². The zero-order valence-corrected chi connectivity index (χ0v) is 15.5. The number of rotatable bonds is 5. The molecule has 0 radical (unpaired) electrons. The summed E-state index contributed by atoms with van der Waals surface area (Å²) in [6.07, 6.45) is 7.90. The lowest BCUT2D eigenvalue weighted by Gasteiger charge is -2.40. The van der Waals surface area contributed by atoms with Crippen molar-refractivity contribution in [2.75, 3.05) is 19.6 Å². The molecule has 6 heteroatoms. The molecule has 2 N–H and O–H groups in total. The molecule has 0 aromatic carbocycles. The minimum atomic E-state index is -0.496. The van der Waals surface area contributed by atoms with Crippen molar-refractivity contribution < 1.29 is 14.4 Å². The van der Waals surface area contributed by atoms with Crippen molar-refractivity contribution in [3.05, 3.63) is 17.0 Å². The first kappa shape index (κ1) is 18.4. The van der Waals surface area contributed by atoms with Gasteiger partial charge in [0.2, 0.25) is 0 Å². The van der Waals surface area contributed by atoms with Crippen LogP contribution in [0.1, 0.15) is 73.7 Å². The van der Waals surface area contributed by atoms with E-state index >= 15 is 0 Å². The minimum absolute atomic E-state index is 0.0695. The zero-order valence-electron chi connectivity index (χ0n) is 15.5. The molecule has 2 aliphatic rings. The van der Waals surface area contributed by atoms with Gasteiger partial charge in [-0.2, -0.15) is 0 Å². The molecule has 1 saturated heterocycles. The van der Waals surface area contributed by atoms with Gasteiger partial charge in [0.05, 0.1) is 11.3 Å². The number of hydrogen-bond acceptors (Lipinski definition) is 5. The van der Waals surface area contributed by atoms with Crippen LogP contribution in [-0.2, 0) is 6.42 Å². The largest absolute Gasteiger partial charge is 0.389 e. The Kier molecular flexibility index (Phi) is 5.79. The van der Waals surface area contributed by atoms with Crippen LogP contribution in [0.15, 0.2) is 4.52 Å². The first-order valence-corrected chi connectivity index (χ1v) is 9.71. The Hall–Kier alpha value is -1.40. The van der Waals surface area contributed by atoms with E-state index in [-0.39, 0.29) is 11.9 Å². The van der Waals surface area contributed by atoms with E-state index in [9.17, 15) is 9.90 Å². The molecule has 3 rings (SSSR count). The van der Waals surface area contributed by atoms with Crippen molar-refractivity contribution in [2.45, 2.75) is 76.9 Å². The zero-order chi connectivity index (χ0) is 17.9. The van der Waals surface area contributed by atoms with Crippen LogP contribution in [0.3, 0.4) is 0 Å². The SMILES string of the molecule is CCc1onc(C)c1C(=O)NC1CCN(CC2(O)CCCCC2)CC1. The molecular weight excluding hydrogens is 318 g/mol. The molecule has 140 valence electrons. The molecule has 1 amide bonds. The van der Waals surface area contributed by atoms with Gasteiger partial charge in [0.25, 0.3) is 5.91 Å². The smallest absolute Gasteiger partial charge is 0.257 e. The van der Waals surface area contributed by atoms with Crippen molar-refractivity contribution in [3.63, 3.8) is 0 Å². The van der Waals surface area contributed by atoms with E-state index in [1.54, 1.807) is 0 Å². The molecule has 1 aromatic rings. The maximum atomic E-state index is 12.6. The molecule has 1 saturated carbocycles. The molecule has 0 spiro atoms. The predicted octanol–water partition coefficient (Wildman–Crippen LogP) is 2.43. The molecule has 25 heavy (non-hydrogen) atoms. The monoisotopic (exact) mass is 349 g/mol. The number of likely N-dealkylation sites (tertiary alicyclic amines) is 1. The van der Waals surface area contributed by atoms with Gasteiger partial charge in [-0.1, -0.05) is 31.3 Å². The lowest BCUT2D eigenvalue weighted by atomic mass is 9.84. The number of nitrogens with one attached hydrogen (secondary N) is 1. The molecule has 1 aromatic heterocycles. The van der Waals surface area contributed by atoms with Crippen LogP contribution in [0.4, 0.5) is 0 Å². The van der Waals surface area contributed by atoms with Gasteiger partial charge in [0.1, 0.15) is 11.3 Å². The molecule has 0 bridgehead atoms. The normalized spacial score (nSPS) is 22.0. The highest BCUT2D eigenvalue weighted by Crippen LogP contribution is 2.29. The van der Waals surface area contributed by atoms with Crippen LogP contribution < -0.4 is 5.32 Å². The maximum Gasteiger partial charge on any atom is 0.257 e. The quantitative estimate of drug-likeness (QED) is 0.854. The topological polar surface area (TPSA) is 78.6 Å². The summed E-state index contributed by atoms with van der Waals surface area (Å²) in [5.74, 6) is 0.590. The third-order valence-corrected chi connectivity index (χ3v) is 5.71. The molecule has 2 fully saturated rings. The second kappa shape index (κ2) is 7.87. The van der Waals surface area contributed by atoms with Gasteiger partial charge >= 0.3 is 0 Å². The number of aliphatic hydroxyl groups is 1. The van der Waals surface area contributed by atoms with Crippen molar-refractivity contribution >= 4 is 5.91 Å². The Morgan fingerprint density at radius 1 is 1.32 bits per heavy atom. The van der Waals surface area contributed by atoms with E-state index in [1.807, 2.05) is 13.8 Å². The summed E-state index contributed by atoms with van der Waals surface area (Å²) in [4.78, 5) is 14.9. The van der Waals surface area contributed by atoms with Gasteiger partial charge in [-0.05, 0) is 32.6 Å². The molecule has 1 aliphatic heterocycles. The second-order valence-electron chi connectivity index (χ2n) is 7.73. The van der Waals surface area contributed by atoms with Crippen LogP contribution >= 0.6 is 0 Å². The Labute approximate surface area is 149 Å². The maximum absolute atomic E-state index is 12.6. The van der Waals surface area contributed by atoms with Gasteiger partial charge in [-0.15, -0.1) is 0 Å². The van der Waals surface area contributed by atoms with Gasteiger partial charge in [0.15, 0.2) is 0 Å². The van der Waals surface area contributed by atoms with Crippen molar-refractivity contribution in [1.29, 1.82) is 0 Å². The number of β-amino-alcohol motifs (C(OH)–C–C–N with tert-alkyl or cyclic N) is 1. The Morgan fingerprint density at radius 3 is 2.64 bits per heavy atom. The van der Waals surface area contributed by atoms with E-state index in [2.05, 4.69) is 15.4 Å². The summed E-state index contributed by atoms with van der Waals surface area (Å²) in [7, 11) is 0. The molecule has 2 heterocycles. The molecule has 0 unspecified atom stereocenters. The fourth-order valence-corrected chi connectivity index (χ4v) is 4.23. The summed E-state index contributed by atoms with van der Waals surface area (Å²) < 4.78 is 5.22. The first-order chi connectivity index (χ1) is 12.0. The predicted molar refractivity (Wildman–Crippen MR) is 95.6 cm³/mol. The number of nitrogens with zero attached hydrogens (tertiary/aromatic N) is 2. The summed E-state index contributed by atoms with van der Waals surface area (Å²) in [5, 5.41) is 17.8. The summed E-state index contributed by atoms with van der Waals surface area (Å²) >= 11 is 0. The number of carbonyl (C=O) groups excluding carboxylic acids is 1. The minimum Gasteiger partial charge on any atom is -0.389 e. The van der Waals surface area contributed by atoms with Gasteiger partial charge in [0, 0.05) is 32.1 Å². The van der Waals surface area contributed by atoms with E-state index in [4.69, 9.17) is 4.52 Å². The lowest BCUT2D eigenvalue weighted by Crippen LogP contribution is -2.50. The standard InChI is InChI=1S/C19H31N3O3/c1-3-16-17(14(2)21-25-16)18(23)20-15-7-11-22(12-8-15)13-19(24)9-5-4-6-10-19/h15,24H,3-13H2,1-2H3,(H,20,23). The summed E-state index contributed by atoms with van der Waals surface area (Å²) in [6, 6.07) is 0.184. The molecule has 1 aliphatic carbocycles. The third-order valence-electron chi connectivity index (χ3n) is 5.71. The summed E-state index contributed by atoms with van der Waals surface area (Å²) in [5.41, 5.74) is 0.761. The number of hydrogen-bond donors (Lipinski definition) is 2.